The molecule has 1 aromatic heterocycles. The van der Waals surface area contributed by atoms with Crippen LogP contribution in [0.3, 0.4) is 0 Å². The molecular weight excluding hydrogens is 382 g/mol. The van der Waals surface area contributed by atoms with Gasteiger partial charge in [-0.15, -0.1) is 0 Å². The summed E-state index contributed by atoms with van der Waals surface area (Å²) in [5.74, 6) is 0. The fourth-order valence-corrected chi connectivity index (χ4v) is 3.08. The molecule has 2 aromatic carbocycles. The second kappa shape index (κ2) is 8.77. The molecule has 0 spiro atoms. The minimum Gasteiger partial charge on any atom is -0.248 e. The highest BCUT2D eigenvalue weighted by atomic mass is 79.9. The van der Waals surface area contributed by atoms with Crippen LogP contribution in [0.25, 0.3) is 28.0 Å². The summed E-state index contributed by atoms with van der Waals surface area (Å²) in [6, 6.07) is 23.1. The molecule has 0 aliphatic rings. The second-order valence-corrected chi connectivity index (χ2v) is 6.97. The molecule has 0 aliphatic carbocycles. The molecule has 0 N–H and O–H groups in total. The van der Waals surface area contributed by atoms with Gasteiger partial charge in [0.25, 0.3) is 0 Å². The SMILES string of the molecule is C/C=C(\C=C/CC)c1cc(-c2ccc(Br)cc2)cc(-c2ccccc2)n1. The van der Waals surface area contributed by atoms with Gasteiger partial charge in [0.1, 0.15) is 0 Å². The van der Waals surface area contributed by atoms with Gasteiger partial charge < -0.3 is 0 Å². The van der Waals surface area contributed by atoms with Gasteiger partial charge in [-0.2, -0.15) is 0 Å². The summed E-state index contributed by atoms with van der Waals surface area (Å²) >= 11 is 3.52. The molecule has 0 saturated carbocycles. The number of benzene rings is 2. The molecule has 0 radical (unpaired) electrons. The Morgan fingerprint density at radius 2 is 1.65 bits per heavy atom. The fourth-order valence-electron chi connectivity index (χ4n) is 2.82. The van der Waals surface area contributed by atoms with Gasteiger partial charge in [-0.05, 0) is 54.3 Å². The number of nitrogens with zero attached hydrogens (tertiary/aromatic N) is 1. The van der Waals surface area contributed by atoms with Gasteiger partial charge in [0, 0.05) is 10.0 Å². The molecule has 26 heavy (non-hydrogen) atoms. The summed E-state index contributed by atoms with van der Waals surface area (Å²) < 4.78 is 1.08. The van der Waals surface area contributed by atoms with Crippen molar-refractivity contribution >= 4 is 21.5 Å². The van der Waals surface area contributed by atoms with Crippen LogP contribution in [-0.2, 0) is 0 Å². The van der Waals surface area contributed by atoms with Crippen LogP contribution in [0.1, 0.15) is 26.0 Å². The molecule has 3 rings (SSSR count). The van der Waals surface area contributed by atoms with E-state index in [0.29, 0.717) is 0 Å². The Labute approximate surface area is 164 Å². The lowest BCUT2D eigenvalue weighted by Gasteiger charge is -2.11. The zero-order chi connectivity index (χ0) is 18.4. The highest BCUT2D eigenvalue weighted by Gasteiger charge is 2.09. The Hall–Kier alpha value is -2.45. The number of rotatable bonds is 5. The molecule has 1 heterocycles. The Morgan fingerprint density at radius 1 is 0.923 bits per heavy atom. The largest absolute Gasteiger partial charge is 0.248 e. The van der Waals surface area contributed by atoms with Crippen LogP contribution in [0.2, 0.25) is 0 Å². The Morgan fingerprint density at radius 3 is 2.31 bits per heavy atom. The first-order valence-electron chi connectivity index (χ1n) is 8.88. The van der Waals surface area contributed by atoms with Crippen LogP contribution >= 0.6 is 15.9 Å². The van der Waals surface area contributed by atoms with Gasteiger partial charge in [-0.3, -0.25) is 0 Å². The van der Waals surface area contributed by atoms with E-state index in [1.54, 1.807) is 0 Å². The summed E-state index contributed by atoms with van der Waals surface area (Å²) in [6.07, 6.45) is 7.46. The Bertz CT molecular complexity index is 922. The summed E-state index contributed by atoms with van der Waals surface area (Å²) in [7, 11) is 0. The van der Waals surface area contributed by atoms with Crippen LogP contribution in [0, 0.1) is 0 Å². The van der Waals surface area contributed by atoms with Crippen molar-refractivity contribution in [2.24, 2.45) is 0 Å². The van der Waals surface area contributed by atoms with Crippen molar-refractivity contribution in [1.29, 1.82) is 0 Å². The lowest BCUT2D eigenvalue weighted by atomic mass is 10.00. The van der Waals surface area contributed by atoms with Crippen molar-refractivity contribution in [3.05, 3.63) is 95.1 Å². The second-order valence-electron chi connectivity index (χ2n) is 6.05. The van der Waals surface area contributed by atoms with Crippen molar-refractivity contribution in [2.45, 2.75) is 20.3 Å². The minimum absolute atomic E-state index is 0.991. The molecule has 0 unspecified atom stereocenters. The van der Waals surface area contributed by atoms with E-state index in [1.807, 2.05) is 6.07 Å². The third kappa shape index (κ3) is 4.39. The van der Waals surface area contributed by atoms with Gasteiger partial charge in [-0.1, -0.05) is 83.5 Å². The van der Waals surface area contributed by atoms with Crippen LogP contribution in [-0.4, -0.2) is 4.98 Å². The zero-order valence-corrected chi connectivity index (χ0v) is 16.7. The van der Waals surface area contributed by atoms with Gasteiger partial charge >= 0.3 is 0 Å². The van der Waals surface area contributed by atoms with Crippen LogP contribution in [0.4, 0.5) is 0 Å². The first-order chi connectivity index (χ1) is 12.7. The van der Waals surface area contributed by atoms with E-state index < -0.39 is 0 Å². The number of hydrogen-bond acceptors (Lipinski definition) is 1. The first kappa shape index (κ1) is 18.3. The fraction of sp³-hybridized carbons (Fsp3) is 0.125. The van der Waals surface area contributed by atoms with Crippen molar-refractivity contribution in [1.82, 2.24) is 4.98 Å². The maximum absolute atomic E-state index is 4.94. The molecule has 0 aliphatic heterocycles. The van der Waals surface area contributed by atoms with Gasteiger partial charge in [0.15, 0.2) is 0 Å². The molecule has 3 aromatic rings. The van der Waals surface area contributed by atoms with Crippen molar-refractivity contribution in [2.75, 3.05) is 0 Å². The molecule has 2 heteroatoms. The normalized spacial score (nSPS) is 11.9. The van der Waals surface area contributed by atoms with E-state index in [2.05, 4.69) is 109 Å². The molecule has 0 amide bonds. The van der Waals surface area contributed by atoms with E-state index in [9.17, 15) is 0 Å². The average molecular weight is 404 g/mol. The monoisotopic (exact) mass is 403 g/mol. The van der Waals surface area contributed by atoms with Gasteiger partial charge in [-0.25, -0.2) is 4.98 Å². The quantitative estimate of drug-likeness (QED) is 0.400. The summed E-state index contributed by atoms with van der Waals surface area (Å²) in [5, 5.41) is 0. The molecule has 0 fully saturated rings. The van der Waals surface area contributed by atoms with E-state index in [4.69, 9.17) is 4.98 Å². The summed E-state index contributed by atoms with van der Waals surface area (Å²) in [5.41, 5.74) is 6.61. The first-order valence-corrected chi connectivity index (χ1v) is 9.67. The maximum Gasteiger partial charge on any atom is 0.0715 e. The topological polar surface area (TPSA) is 12.9 Å². The van der Waals surface area contributed by atoms with Crippen LogP contribution in [0.5, 0.6) is 0 Å². The predicted octanol–water partition coefficient (Wildman–Crippen LogP) is 7.55. The van der Waals surface area contributed by atoms with E-state index in [1.165, 1.54) is 11.1 Å². The van der Waals surface area contributed by atoms with Crippen LogP contribution in [0.15, 0.2) is 89.4 Å². The smallest absolute Gasteiger partial charge is 0.0715 e. The van der Waals surface area contributed by atoms with Crippen molar-refractivity contribution in [3.8, 4) is 22.4 Å². The van der Waals surface area contributed by atoms with Crippen LogP contribution < -0.4 is 0 Å². The van der Waals surface area contributed by atoms with Gasteiger partial charge in [0.05, 0.1) is 11.4 Å². The van der Waals surface area contributed by atoms with E-state index in [0.717, 1.165) is 33.4 Å². The number of halogens is 1. The minimum atomic E-state index is 0.991. The summed E-state index contributed by atoms with van der Waals surface area (Å²) in [6.45, 7) is 4.20. The highest BCUT2D eigenvalue weighted by molar-refractivity contribution is 9.10. The zero-order valence-electron chi connectivity index (χ0n) is 15.1. The molecule has 0 atom stereocenters. The Balaban J connectivity index is 2.16. The van der Waals surface area contributed by atoms with E-state index in [-0.39, 0.29) is 0 Å². The molecule has 130 valence electrons. The molecule has 0 bridgehead atoms. The number of allylic oxidation sites excluding steroid dienone is 4. The number of aromatic nitrogens is 1. The highest BCUT2D eigenvalue weighted by Crippen LogP contribution is 2.29. The van der Waals surface area contributed by atoms with Crippen molar-refractivity contribution < 1.29 is 0 Å². The lowest BCUT2D eigenvalue weighted by molar-refractivity contribution is 1.22. The third-order valence-corrected chi connectivity index (χ3v) is 4.74. The summed E-state index contributed by atoms with van der Waals surface area (Å²) in [4.78, 5) is 4.94. The molecule has 1 nitrogen and oxygen atoms in total. The average Bonchev–Trinajstić information content (AvgIpc) is 2.69. The van der Waals surface area contributed by atoms with E-state index >= 15 is 0 Å². The predicted molar refractivity (Wildman–Crippen MR) is 116 cm³/mol. The number of hydrogen-bond donors (Lipinski definition) is 0. The Kier molecular flexibility index (Phi) is 6.19. The lowest BCUT2D eigenvalue weighted by Crippen LogP contribution is -1.93. The molecule has 0 saturated heterocycles. The standard InChI is InChI=1S/C24H22BrN/c1-3-5-9-18(4-2)23-16-21(19-12-14-22(25)15-13-19)17-24(26-23)20-10-7-6-8-11-20/h4-17H,3H2,1-2H3/b9-5-,18-4+. The van der Waals surface area contributed by atoms with Crippen molar-refractivity contribution in [3.63, 3.8) is 0 Å². The maximum atomic E-state index is 4.94. The number of pyridine rings is 1. The van der Waals surface area contributed by atoms with Gasteiger partial charge in [0.2, 0.25) is 0 Å². The third-order valence-electron chi connectivity index (χ3n) is 4.21. The molecular formula is C24H22BrN.